The Morgan fingerprint density at radius 3 is 2.62 bits per heavy atom. The van der Waals surface area contributed by atoms with Gasteiger partial charge in [-0.25, -0.2) is 0 Å². The van der Waals surface area contributed by atoms with Gasteiger partial charge >= 0.3 is 0 Å². The van der Waals surface area contributed by atoms with Gasteiger partial charge in [-0.15, -0.1) is 0 Å². The number of carbonyl (C=O) groups excluding carboxylic acids is 1. The zero-order valence-corrected chi connectivity index (χ0v) is 10.9. The molecule has 2 saturated heterocycles. The highest BCUT2D eigenvalue weighted by atomic mass is 79.9. The second-order valence-corrected chi connectivity index (χ2v) is 5.14. The molecule has 2 rings (SSSR count). The standard InChI is InChI=1S/C11H18BrNO3/c12-8-11(2-5-15-6-3-11)13-10(14)9-1-4-16-7-9/h9H,1-8H2,(H,13,14). The number of ether oxygens (including phenoxy) is 2. The molecule has 1 unspecified atom stereocenters. The van der Waals surface area contributed by atoms with Gasteiger partial charge in [-0.05, 0) is 19.3 Å². The molecule has 0 radical (unpaired) electrons. The summed E-state index contributed by atoms with van der Waals surface area (Å²) in [5.74, 6) is 0.178. The molecular weight excluding hydrogens is 274 g/mol. The van der Waals surface area contributed by atoms with Crippen LogP contribution in [0, 0.1) is 5.92 Å². The first-order valence-electron chi connectivity index (χ1n) is 5.79. The average molecular weight is 292 g/mol. The highest BCUT2D eigenvalue weighted by molar-refractivity contribution is 9.09. The van der Waals surface area contributed by atoms with Gasteiger partial charge in [0, 0.05) is 25.2 Å². The lowest BCUT2D eigenvalue weighted by Gasteiger charge is -2.37. The molecule has 2 heterocycles. The monoisotopic (exact) mass is 291 g/mol. The van der Waals surface area contributed by atoms with Crippen LogP contribution in [0.1, 0.15) is 19.3 Å². The molecule has 0 bridgehead atoms. The Morgan fingerprint density at radius 1 is 1.31 bits per heavy atom. The van der Waals surface area contributed by atoms with Gasteiger partial charge < -0.3 is 14.8 Å². The summed E-state index contributed by atoms with van der Waals surface area (Å²) in [6.07, 6.45) is 2.62. The van der Waals surface area contributed by atoms with E-state index in [9.17, 15) is 4.79 Å². The van der Waals surface area contributed by atoms with E-state index in [1.807, 2.05) is 0 Å². The van der Waals surface area contributed by atoms with Crippen molar-refractivity contribution in [3.63, 3.8) is 0 Å². The number of halogens is 1. The van der Waals surface area contributed by atoms with Crippen molar-refractivity contribution in [3.8, 4) is 0 Å². The molecule has 5 heteroatoms. The zero-order chi connectivity index (χ0) is 11.4. The van der Waals surface area contributed by atoms with Crippen molar-refractivity contribution in [3.05, 3.63) is 0 Å². The van der Waals surface area contributed by atoms with Gasteiger partial charge in [0.1, 0.15) is 0 Å². The Hall–Kier alpha value is -0.130. The third-order valence-electron chi connectivity index (χ3n) is 3.39. The Balaban J connectivity index is 1.91. The molecule has 0 spiro atoms. The van der Waals surface area contributed by atoms with Gasteiger partial charge in [-0.2, -0.15) is 0 Å². The van der Waals surface area contributed by atoms with E-state index >= 15 is 0 Å². The molecule has 4 nitrogen and oxygen atoms in total. The maximum Gasteiger partial charge on any atom is 0.225 e. The number of hydrogen-bond acceptors (Lipinski definition) is 3. The van der Waals surface area contributed by atoms with Gasteiger partial charge in [-0.1, -0.05) is 15.9 Å². The van der Waals surface area contributed by atoms with Gasteiger partial charge in [0.25, 0.3) is 0 Å². The number of alkyl halides is 1. The first kappa shape index (κ1) is 12.3. The molecule has 0 aromatic carbocycles. The van der Waals surface area contributed by atoms with Crippen molar-refractivity contribution >= 4 is 21.8 Å². The van der Waals surface area contributed by atoms with E-state index in [0.29, 0.717) is 13.2 Å². The third-order valence-corrected chi connectivity index (χ3v) is 4.47. The first-order valence-corrected chi connectivity index (χ1v) is 6.91. The molecule has 0 aromatic heterocycles. The minimum atomic E-state index is -0.113. The predicted octanol–water partition coefficient (Wildman–Crippen LogP) is 1.08. The lowest BCUT2D eigenvalue weighted by atomic mass is 9.91. The number of carbonyl (C=O) groups is 1. The molecule has 1 atom stereocenters. The van der Waals surface area contributed by atoms with Crippen molar-refractivity contribution in [2.75, 3.05) is 31.8 Å². The normalized spacial score (nSPS) is 28.9. The molecule has 16 heavy (non-hydrogen) atoms. The van der Waals surface area contributed by atoms with E-state index < -0.39 is 0 Å². The number of amides is 1. The fourth-order valence-corrected chi connectivity index (χ4v) is 2.86. The van der Waals surface area contributed by atoms with Crippen molar-refractivity contribution in [1.82, 2.24) is 5.32 Å². The van der Waals surface area contributed by atoms with Crippen LogP contribution in [0.15, 0.2) is 0 Å². The largest absolute Gasteiger partial charge is 0.381 e. The van der Waals surface area contributed by atoms with E-state index in [1.165, 1.54) is 0 Å². The van der Waals surface area contributed by atoms with Crippen LogP contribution < -0.4 is 5.32 Å². The number of hydrogen-bond donors (Lipinski definition) is 1. The first-order chi connectivity index (χ1) is 7.76. The second-order valence-electron chi connectivity index (χ2n) is 4.58. The fourth-order valence-electron chi connectivity index (χ4n) is 2.16. The van der Waals surface area contributed by atoms with Gasteiger partial charge in [0.15, 0.2) is 0 Å². The molecule has 2 aliphatic heterocycles. The van der Waals surface area contributed by atoms with Crippen LogP contribution in [0.25, 0.3) is 0 Å². The van der Waals surface area contributed by atoms with E-state index in [2.05, 4.69) is 21.2 Å². The Labute approximate surface area is 104 Å². The summed E-state index contributed by atoms with van der Waals surface area (Å²) < 4.78 is 10.6. The maximum atomic E-state index is 12.0. The van der Waals surface area contributed by atoms with Crippen molar-refractivity contribution < 1.29 is 14.3 Å². The third kappa shape index (κ3) is 2.76. The van der Waals surface area contributed by atoms with Crippen molar-refractivity contribution in [2.24, 2.45) is 5.92 Å². The molecule has 0 saturated carbocycles. The summed E-state index contributed by atoms with van der Waals surface area (Å²) in [5, 5.41) is 3.97. The van der Waals surface area contributed by atoms with E-state index in [0.717, 1.165) is 37.8 Å². The lowest BCUT2D eigenvalue weighted by molar-refractivity contribution is -0.127. The molecule has 1 amide bonds. The van der Waals surface area contributed by atoms with Crippen molar-refractivity contribution in [1.29, 1.82) is 0 Å². The minimum absolute atomic E-state index is 0.0405. The minimum Gasteiger partial charge on any atom is -0.381 e. The number of rotatable bonds is 3. The quantitative estimate of drug-likeness (QED) is 0.792. The van der Waals surface area contributed by atoms with Gasteiger partial charge in [0.2, 0.25) is 5.91 Å². The smallest absolute Gasteiger partial charge is 0.225 e. The highest BCUT2D eigenvalue weighted by Gasteiger charge is 2.35. The molecule has 1 N–H and O–H groups in total. The fraction of sp³-hybridized carbons (Fsp3) is 0.909. The van der Waals surface area contributed by atoms with Crippen LogP contribution in [0.4, 0.5) is 0 Å². The Kier molecular flexibility index (Phi) is 4.21. The topological polar surface area (TPSA) is 47.6 Å². The predicted molar refractivity (Wildman–Crippen MR) is 63.6 cm³/mol. The molecule has 2 fully saturated rings. The van der Waals surface area contributed by atoms with Gasteiger partial charge in [-0.3, -0.25) is 4.79 Å². The second kappa shape index (κ2) is 5.47. The van der Waals surface area contributed by atoms with Crippen LogP contribution in [-0.4, -0.2) is 43.2 Å². The summed E-state index contributed by atoms with van der Waals surface area (Å²) in [5.41, 5.74) is -0.113. The van der Waals surface area contributed by atoms with Crippen LogP contribution in [0.3, 0.4) is 0 Å². The SMILES string of the molecule is O=C(NC1(CBr)CCOCC1)C1CCOC1. The number of nitrogens with one attached hydrogen (secondary N) is 1. The Morgan fingerprint density at radius 2 is 2.06 bits per heavy atom. The van der Waals surface area contributed by atoms with Crippen LogP contribution in [-0.2, 0) is 14.3 Å². The van der Waals surface area contributed by atoms with Crippen molar-refractivity contribution in [2.45, 2.75) is 24.8 Å². The lowest BCUT2D eigenvalue weighted by Crippen LogP contribution is -2.54. The highest BCUT2D eigenvalue weighted by Crippen LogP contribution is 2.24. The summed E-state index contributed by atoms with van der Waals surface area (Å²) in [6, 6.07) is 0. The van der Waals surface area contributed by atoms with Crippen LogP contribution in [0.5, 0.6) is 0 Å². The summed E-state index contributed by atoms with van der Waals surface area (Å²) in [4.78, 5) is 12.0. The summed E-state index contributed by atoms with van der Waals surface area (Å²) in [6.45, 7) is 2.74. The molecule has 0 aliphatic carbocycles. The zero-order valence-electron chi connectivity index (χ0n) is 9.34. The molecule has 92 valence electrons. The summed E-state index contributed by atoms with van der Waals surface area (Å²) >= 11 is 3.50. The van der Waals surface area contributed by atoms with E-state index in [-0.39, 0.29) is 17.4 Å². The Bertz CT molecular complexity index is 248. The van der Waals surface area contributed by atoms with E-state index in [1.54, 1.807) is 0 Å². The van der Waals surface area contributed by atoms with E-state index in [4.69, 9.17) is 9.47 Å². The average Bonchev–Trinajstić information content (AvgIpc) is 2.84. The maximum absolute atomic E-state index is 12.0. The molecule has 2 aliphatic rings. The summed E-state index contributed by atoms with van der Waals surface area (Å²) in [7, 11) is 0. The van der Waals surface area contributed by atoms with Crippen LogP contribution >= 0.6 is 15.9 Å². The van der Waals surface area contributed by atoms with Gasteiger partial charge in [0.05, 0.1) is 18.1 Å². The molecule has 0 aromatic rings. The van der Waals surface area contributed by atoms with Crippen LogP contribution in [0.2, 0.25) is 0 Å². The molecular formula is C11H18BrNO3.